The van der Waals surface area contributed by atoms with Crippen LogP contribution >= 0.6 is 15.9 Å². The Labute approximate surface area is 88.2 Å². The number of rotatable bonds is 0. The molecule has 0 atom stereocenters. The van der Waals surface area contributed by atoms with Gasteiger partial charge in [-0.15, -0.1) is 0 Å². The Hall–Kier alpha value is -0.770. The largest absolute Gasteiger partial charge is 0.294 e. The van der Waals surface area contributed by atoms with Crippen LogP contribution in [0.25, 0.3) is 0 Å². The zero-order valence-corrected chi connectivity index (χ0v) is 8.77. The average Bonchev–Trinajstić information content (AvgIpc) is 2.12. The summed E-state index contributed by atoms with van der Waals surface area (Å²) in [6.45, 7) is 0. The van der Waals surface area contributed by atoms with Gasteiger partial charge < -0.3 is 0 Å². The number of benzene rings is 1. The maximum Gasteiger partial charge on any atom is 0.275 e. The lowest BCUT2D eigenvalue weighted by atomic mass is 9.88. The molecular weight excluding hydrogens is 254 g/mol. The van der Waals surface area contributed by atoms with Crippen molar-refractivity contribution in [2.45, 2.75) is 18.8 Å². The molecule has 1 nitrogen and oxygen atoms in total. The van der Waals surface area contributed by atoms with E-state index in [-0.39, 0.29) is 29.8 Å². The quantitative estimate of drug-likeness (QED) is 0.698. The molecule has 0 radical (unpaired) electrons. The van der Waals surface area contributed by atoms with E-state index >= 15 is 0 Å². The van der Waals surface area contributed by atoms with Crippen molar-refractivity contribution in [1.82, 2.24) is 0 Å². The summed E-state index contributed by atoms with van der Waals surface area (Å²) in [7, 11) is 0. The van der Waals surface area contributed by atoms with Gasteiger partial charge in [0.05, 0.1) is 0 Å². The van der Waals surface area contributed by atoms with Crippen molar-refractivity contribution in [2.75, 3.05) is 0 Å². The van der Waals surface area contributed by atoms with Gasteiger partial charge in [0.15, 0.2) is 5.78 Å². The summed E-state index contributed by atoms with van der Waals surface area (Å²) in [5.74, 6) is -3.09. The van der Waals surface area contributed by atoms with Crippen molar-refractivity contribution in [1.29, 1.82) is 0 Å². The Morgan fingerprint density at radius 3 is 2.71 bits per heavy atom. The summed E-state index contributed by atoms with van der Waals surface area (Å²) in [6, 6.07) is 4.59. The molecule has 0 N–H and O–H groups in total. The minimum atomic E-state index is -2.89. The van der Waals surface area contributed by atoms with Crippen LogP contribution in [0.4, 0.5) is 8.78 Å². The van der Waals surface area contributed by atoms with Gasteiger partial charge in [0.25, 0.3) is 5.92 Å². The molecule has 1 aliphatic rings. The predicted octanol–water partition coefficient (Wildman–Crippen LogP) is 3.52. The summed E-state index contributed by atoms with van der Waals surface area (Å²) in [6.07, 6.45) is -0.460. The maximum absolute atomic E-state index is 13.4. The second-order valence-corrected chi connectivity index (χ2v) is 4.14. The van der Waals surface area contributed by atoms with Crippen molar-refractivity contribution in [2.24, 2.45) is 0 Å². The fourth-order valence-corrected chi connectivity index (χ4v) is 2.31. The molecule has 0 fully saturated rings. The van der Waals surface area contributed by atoms with Crippen molar-refractivity contribution in [3.63, 3.8) is 0 Å². The Morgan fingerprint density at radius 2 is 2.07 bits per heavy atom. The molecule has 0 amide bonds. The molecule has 0 aliphatic heterocycles. The average molecular weight is 261 g/mol. The Kier molecular flexibility index (Phi) is 2.18. The van der Waals surface area contributed by atoms with Gasteiger partial charge in [-0.3, -0.25) is 4.79 Å². The van der Waals surface area contributed by atoms with Crippen LogP contribution in [0, 0.1) is 0 Å². The maximum atomic E-state index is 13.4. The van der Waals surface area contributed by atoms with Gasteiger partial charge in [0.1, 0.15) is 0 Å². The molecule has 0 heterocycles. The van der Waals surface area contributed by atoms with E-state index in [9.17, 15) is 13.6 Å². The van der Waals surface area contributed by atoms with E-state index in [1.165, 1.54) is 12.1 Å². The first-order valence-corrected chi connectivity index (χ1v) is 5.02. The van der Waals surface area contributed by atoms with E-state index in [0.717, 1.165) is 0 Å². The molecule has 0 bridgehead atoms. The van der Waals surface area contributed by atoms with Gasteiger partial charge in [-0.2, -0.15) is 0 Å². The van der Waals surface area contributed by atoms with E-state index in [1.54, 1.807) is 6.07 Å². The lowest BCUT2D eigenvalue weighted by molar-refractivity contribution is -0.0199. The van der Waals surface area contributed by atoms with Crippen LogP contribution in [-0.4, -0.2) is 5.78 Å². The number of halogens is 3. The molecule has 2 rings (SSSR count). The number of carbonyl (C=O) groups excluding carboxylic acids is 1. The summed E-state index contributed by atoms with van der Waals surface area (Å²) >= 11 is 3.05. The minimum absolute atomic E-state index is 0.0730. The number of Topliss-reactive ketones (excluding diaryl/α,β-unsaturated/α-hetero) is 1. The topological polar surface area (TPSA) is 17.1 Å². The second-order valence-electron chi connectivity index (χ2n) is 3.29. The van der Waals surface area contributed by atoms with Gasteiger partial charge in [-0.1, -0.05) is 28.1 Å². The lowest BCUT2D eigenvalue weighted by Crippen LogP contribution is -2.25. The van der Waals surface area contributed by atoms with Crippen molar-refractivity contribution in [3.8, 4) is 0 Å². The minimum Gasteiger partial charge on any atom is -0.294 e. The SMILES string of the molecule is O=C1CCC(F)(F)c2c(Br)cccc21. The molecule has 0 saturated carbocycles. The lowest BCUT2D eigenvalue weighted by Gasteiger charge is -2.25. The molecule has 0 aromatic heterocycles. The standard InChI is InChI=1S/C10H7BrF2O/c11-7-3-1-2-6-8(14)4-5-10(12,13)9(6)7/h1-3H,4-5H2. The molecule has 1 aromatic carbocycles. The van der Waals surface area contributed by atoms with Crippen LogP contribution in [0.3, 0.4) is 0 Å². The van der Waals surface area contributed by atoms with Crippen LogP contribution in [0.1, 0.15) is 28.8 Å². The first kappa shape index (κ1) is 9.77. The van der Waals surface area contributed by atoms with Gasteiger partial charge in [-0.05, 0) is 6.07 Å². The number of hydrogen-bond acceptors (Lipinski definition) is 1. The van der Waals surface area contributed by atoms with Gasteiger partial charge in [-0.25, -0.2) is 8.78 Å². The van der Waals surface area contributed by atoms with Crippen LogP contribution in [0.5, 0.6) is 0 Å². The molecule has 0 unspecified atom stereocenters. The highest BCUT2D eigenvalue weighted by molar-refractivity contribution is 9.10. The van der Waals surface area contributed by atoms with Crippen molar-refractivity contribution in [3.05, 3.63) is 33.8 Å². The summed E-state index contributed by atoms with van der Waals surface area (Å²) in [4.78, 5) is 11.4. The first-order chi connectivity index (χ1) is 6.52. The smallest absolute Gasteiger partial charge is 0.275 e. The molecule has 1 aliphatic carbocycles. The monoisotopic (exact) mass is 260 g/mol. The fraction of sp³-hybridized carbons (Fsp3) is 0.300. The van der Waals surface area contributed by atoms with E-state index < -0.39 is 5.92 Å². The van der Waals surface area contributed by atoms with Gasteiger partial charge in [0, 0.05) is 28.4 Å². The molecule has 4 heteroatoms. The molecule has 1 aromatic rings. The number of carbonyl (C=O) groups is 1. The van der Waals surface area contributed by atoms with E-state index in [4.69, 9.17) is 0 Å². The molecular formula is C10H7BrF2O. The van der Waals surface area contributed by atoms with Crippen molar-refractivity contribution >= 4 is 21.7 Å². The van der Waals surface area contributed by atoms with Crippen LogP contribution in [0.2, 0.25) is 0 Å². The number of ketones is 1. The second kappa shape index (κ2) is 3.12. The Balaban J connectivity index is 2.70. The number of hydrogen-bond donors (Lipinski definition) is 0. The summed E-state index contributed by atoms with van der Waals surface area (Å²) < 4.78 is 27.2. The Morgan fingerprint density at radius 1 is 1.36 bits per heavy atom. The predicted molar refractivity (Wildman–Crippen MR) is 51.6 cm³/mol. The first-order valence-electron chi connectivity index (χ1n) is 4.22. The zero-order chi connectivity index (χ0) is 10.3. The third-order valence-corrected chi connectivity index (χ3v) is 3.01. The molecule has 0 spiro atoms. The summed E-state index contributed by atoms with van der Waals surface area (Å²) in [5.41, 5.74) is -0.00752. The molecule has 0 saturated heterocycles. The van der Waals surface area contributed by atoms with E-state index in [1.807, 2.05) is 0 Å². The zero-order valence-electron chi connectivity index (χ0n) is 7.19. The Bertz CT molecular complexity index is 401. The highest BCUT2D eigenvalue weighted by Gasteiger charge is 2.41. The third kappa shape index (κ3) is 1.38. The van der Waals surface area contributed by atoms with Crippen LogP contribution in [-0.2, 0) is 5.92 Å². The molecule has 74 valence electrons. The number of alkyl halides is 2. The van der Waals surface area contributed by atoms with E-state index in [2.05, 4.69) is 15.9 Å². The van der Waals surface area contributed by atoms with E-state index in [0.29, 0.717) is 4.47 Å². The van der Waals surface area contributed by atoms with Crippen LogP contribution in [0.15, 0.2) is 22.7 Å². The van der Waals surface area contributed by atoms with Crippen molar-refractivity contribution < 1.29 is 13.6 Å². The third-order valence-electron chi connectivity index (χ3n) is 2.35. The molecule has 14 heavy (non-hydrogen) atoms. The van der Waals surface area contributed by atoms with Gasteiger partial charge >= 0.3 is 0 Å². The normalized spacial score (nSPS) is 19.2. The van der Waals surface area contributed by atoms with Gasteiger partial charge in [0.2, 0.25) is 0 Å². The highest BCUT2D eigenvalue weighted by Crippen LogP contribution is 2.43. The number of fused-ring (bicyclic) bond motifs is 1. The highest BCUT2D eigenvalue weighted by atomic mass is 79.9. The fourth-order valence-electron chi connectivity index (χ4n) is 1.66. The summed E-state index contributed by atoms with van der Waals surface area (Å²) in [5, 5.41) is 0. The van der Waals surface area contributed by atoms with Crippen LogP contribution < -0.4 is 0 Å².